The Bertz CT molecular complexity index is 940. The van der Waals surface area contributed by atoms with E-state index in [9.17, 15) is 19.5 Å². The molecule has 7 heteroatoms. The predicted octanol–water partition coefficient (Wildman–Crippen LogP) is -0.259. The summed E-state index contributed by atoms with van der Waals surface area (Å²) in [6.07, 6.45) is 5.56. The Labute approximate surface area is 197 Å². The van der Waals surface area contributed by atoms with Crippen molar-refractivity contribution in [3.8, 4) is 0 Å². The zero-order valence-electron chi connectivity index (χ0n) is 17.0. The topological polar surface area (TPSA) is 86.7 Å². The number of fused-ring (bicyclic) bond motifs is 1. The second-order valence-electron chi connectivity index (χ2n) is 7.55. The number of carbonyl (C=O) groups excluding carboxylic acids is 3. The average molecular weight is 415 g/mol. The van der Waals surface area contributed by atoms with Gasteiger partial charge >= 0.3 is 29.6 Å². The van der Waals surface area contributed by atoms with Crippen LogP contribution >= 0.6 is 0 Å². The van der Waals surface area contributed by atoms with Crippen LogP contribution in [0.5, 0.6) is 0 Å². The number of rotatable bonds is 6. The van der Waals surface area contributed by atoms with Gasteiger partial charge in [-0.2, -0.15) is 0 Å². The van der Waals surface area contributed by atoms with Crippen molar-refractivity contribution in [2.24, 2.45) is 0 Å². The Balaban J connectivity index is 0.00000256. The molecule has 2 aromatic rings. The molecule has 4 rings (SSSR count). The summed E-state index contributed by atoms with van der Waals surface area (Å²) < 4.78 is 6.12. The van der Waals surface area contributed by atoms with Gasteiger partial charge in [0, 0.05) is 0 Å². The van der Waals surface area contributed by atoms with E-state index in [0.717, 1.165) is 31.2 Å². The van der Waals surface area contributed by atoms with Gasteiger partial charge in [-0.25, -0.2) is 0 Å². The summed E-state index contributed by atoms with van der Waals surface area (Å²) in [5.74, 6) is -2.32. The molecule has 0 N–H and O–H groups in total. The summed E-state index contributed by atoms with van der Waals surface area (Å²) in [5.41, 5.74) is 0.980. The van der Waals surface area contributed by atoms with Gasteiger partial charge in [0.25, 0.3) is 11.8 Å². The molecule has 150 valence electrons. The summed E-state index contributed by atoms with van der Waals surface area (Å²) in [7, 11) is 0. The zero-order valence-corrected chi connectivity index (χ0v) is 19.0. The predicted molar refractivity (Wildman–Crippen MR) is 103 cm³/mol. The van der Waals surface area contributed by atoms with Crippen molar-refractivity contribution >= 4 is 17.8 Å². The van der Waals surface area contributed by atoms with Crippen molar-refractivity contribution in [2.45, 2.75) is 44.2 Å². The third-order valence-electron chi connectivity index (χ3n) is 5.69. The molecule has 0 saturated heterocycles. The van der Waals surface area contributed by atoms with E-state index in [0.29, 0.717) is 0 Å². The second kappa shape index (κ2) is 9.88. The van der Waals surface area contributed by atoms with Gasteiger partial charge in [0.2, 0.25) is 0 Å². The van der Waals surface area contributed by atoms with Crippen LogP contribution < -0.4 is 34.7 Å². The molecule has 0 aromatic heterocycles. The fourth-order valence-corrected chi connectivity index (χ4v) is 4.12. The summed E-state index contributed by atoms with van der Waals surface area (Å²) in [6, 6.07) is 12.6. The van der Waals surface area contributed by atoms with Gasteiger partial charge < -0.3 is 14.6 Å². The monoisotopic (exact) mass is 415 g/mol. The van der Waals surface area contributed by atoms with Crippen LogP contribution in [0.4, 0.5) is 0 Å². The Morgan fingerprint density at radius 3 is 2.33 bits per heavy atom. The van der Waals surface area contributed by atoms with Gasteiger partial charge in [-0.1, -0.05) is 55.7 Å². The number of ether oxygens (including phenoxy) is 1. The quantitative estimate of drug-likeness (QED) is 0.479. The molecular weight excluding hydrogens is 393 g/mol. The molecule has 1 saturated carbocycles. The number of amides is 2. The summed E-state index contributed by atoms with van der Waals surface area (Å²) in [4.78, 5) is 38.5. The molecule has 0 bridgehead atoms. The van der Waals surface area contributed by atoms with Crippen LogP contribution in [0, 0.1) is 0 Å². The number of imide groups is 1. The molecule has 0 spiro atoms. The number of benzene rings is 2. The van der Waals surface area contributed by atoms with Crippen LogP contribution in [-0.2, 0) is 4.74 Å². The van der Waals surface area contributed by atoms with E-state index in [2.05, 4.69) is 0 Å². The molecule has 2 amide bonds. The molecular formula is C23H22NNaO5. The number of nitrogens with zero attached hydrogens (tertiary/aromatic N) is 1. The van der Waals surface area contributed by atoms with E-state index in [1.165, 1.54) is 29.5 Å². The zero-order chi connectivity index (χ0) is 20.4. The maximum absolute atomic E-state index is 13.1. The third kappa shape index (κ3) is 4.52. The first kappa shape index (κ1) is 22.7. The molecule has 2 aliphatic rings. The standard InChI is InChI=1S/C23H23NO5.Na/c25-21-18-12-11-16(23(27)28)13-19(18)22(26)24(21)20(15-7-3-1-4-8-15)14-29-17-9-5-2-6-10-17;/h1,3-4,7-8,11-13,17,20H,2,5-6,9-10,14H2,(H,27,28);/q;+1/p-1/t20-;/m0./s1. The van der Waals surface area contributed by atoms with Gasteiger partial charge in [-0.15, -0.1) is 0 Å². The average Bonchev–Trinajstić information content (AvgIpc) is 3.00. The van der Waals surface area contributed by atoms with Crippen molar-refractivity contribution in [3.05, 3.63) is 70.8 Å². The molecule has 6 nitrogen and oxygen atoms in total. The molecule has 0 radical (unpaired) electrons. The van der Waals surface area contributed by atoms with Crippen molar-refractivity contribution < 1.29 is 53.8 Å². The number of aromatic carboxylic acids is 1. The number of hydrogen-bond donors (Lipinski definition) is 0. The first-order chi connectivity index (χ1) is 14.1. The smallest absolute Gasteiger partial charge is 0.545 e. The fourth-order valence-electron chi connectivity index (χ4n) is 4.12. The molecule has 1 heterocycles. The van der Waals surface area contributed by atoms with E-state index in [1.54, 1.807) is 0 Å². The molecule has 1 fully saturated rings. The molecule has 30 heavy (non-hydrogen) atoms. The largest absolute Gasteiger partial charge is 1.00 e. The van der Waals surface area contributed by atoms with Gasteiger partial charge in [-0.3, -0.25) is 14.5 Å². The second-order valence-corrected chi connectivity index (χ2v) is 7.55. The van der Waals surface area contributed by atoms with Crippen LogP contribution in [0.2, 0.25) is 0 Å². The van der Waals surface area contributed by atoms with Crippen molar-refractivity contribution in [3.63, 3.8) is 0 Å². The van der Waals surface area contributed by atoms with E-state index in [1.807, 2.05) is 30.3 Å². The van der Waals surface area contributed by atoms with Crippen LogP contribution in [0.1, 0.15) is 74.8 Å². The Hall–Kier alpha value is -1.99. The van der Waals surface area contributed by atoms with Crippen molar-refractivity contribution in [1.29, 1.82) is 0 Å². The van der Waals surface area contributed by atoms with Crippen LogP contribution in [0.25, 0.3) is 0 Å². The van der Waals surface area contributed by atoms with Gasteiger partial charge in [0.15, 0.2) is 0 Å². The Morgan fingerprint density at radius 1 is 1.00 bits per heavy atom. The van der Waals surface area contributed by atoms with E-state index in [-0.39, 0.29) is 59.0 Å². The maximum Gasteiger partial charge on any atom is 1.00 e. The summed E-state index contributed by atoms with van der Waals surface area (Å²) in [5, 5.41) is 11.2. The van der Waals surface area contributed by atoms with E-state index in [4.69, 9.17) is 4.74 Å². The fraction of sp³-hybridized carbons (Fsp3) is 0.348. The third-order valence-corrected chi connectivity index (χ3v) is 5.69. The Morgan fingerprint density at radius 2 is 1.67 bits per heavy atom. The molecule has 1 aliphatic heterocycles. The minimum atomic E-state index is -1.38. The number of carbonyl (C=O) groups is 3. The normalized spacial score (nSPS) is 17.4. The number of carboxylic acids is 1. The van der Waals surface area contributed by atoms with E-state index < -0.39 is 23.8 Å². The molecule has 0 unspecified atom stereocenters. The van der Waals surface area contributed by atoms with Crippen LogP contribution in [0.3, 0.4) is 0 Å². The first-order valence-electron chi connectivity index (χ1n) is 9.96. The van der Waals surface area contributed by atoms with Crippen molar-refractivity contribution in [1.82, 2.24) is 4.90 Å². The minimum Gasteiger partial charge on any atom is -0.545 e. The van der Waals surface area contributed by atoms with Gasteiger partial charge in [0.05, 0.1) is 35.8 Å². The molecule has 1 aliphatic carbocycles. The SMILES string of the molecule is O=C([O-])c1ccc2c(c1)C(=O)N([C@@H](COC1CCCCC1)c1ccccc1)C2=O.[Na+]. The minimum absolute atomic E-state index is 0. The van der Waals surface area contributed by atoms with Gasteiger partial charge in [0.1, 0.15) is 0 Å². The summed E-state index contributed by atoms with van der Waals surface area (Å²) in [6.45, 7) is 0.216. The van der Waals surface area contributed by atoms with Crippen molar-refractivity contribution in [2.75, 3.05) is 6.61 Å². The first-order valence-corrected chi connectivity index (χ1v) is 9.96. The number of hydrogen-bond acceptors (Lipinski definition) is 5. The molecule has 2 aromatic carbocycles. The van der Waals surface area contributed by atoms with Gasteiger partial charge in [-0.05, 0) is 36.1 Å². The van der Waals surface area contributed by atoms with Crippen LogP contribution in [0.15, 0.2) is 48.5 Å². The molecule has 1 atom stereocenters. The maximum atomic E-state index is 13.1. The number of carboxylic acid groups (broad SMARTS) is 1. The Kier molecular flexibility index (Phi) is 7.47. The van der Waals surface area contributed by atoms with Crippen LogP contribution in [-0.4, -0.2) is 35.4 Å². The van der Waals surface area contributed by atoms with E-state index >= 15 is 0 Å². The summed E-state index contributed by atoms with van der Waals surface area (Å²) >= 11 is 0.